The van der Waals surface area contributed by atoms with Crippen LogP contribution in [0.25, 0.3) is 0 Å². The first-order chi connectivity index (χ1) is 13.7. The Morgan fingerprint density at radius 1 is 0.821 bits per heavy atom. The number of H-pyrrole nitrogens is 2. The molecule has 4 rings (SSSR count). The summed E-state index contributed by atoms with van der Waals surface area (Å²) in [5, 5.41) is 0. The number of benzene rings is 2. The van der Waals surface area contributed by atoms with E-state index < -0.39 is 0 Å². The van der Waals surface area contributed by atoms with Crippen molar-refractivity contribution in [3.05, 3.63) is 95.6 Å². The fraction of sp³-hybridized carbons (Fsp3) is 0.0909. The lowest BCUT2D eigenvalue weighted by molar-refractivity contribution is 1.19. The summed E-state index contributed by atoms with van der Waals surface area (Å²) in [6.45, 7) is 1.97. The maximum atomic E-state index is 4.45. The quantitative estimate of drug-likeness (QED) is 0.490. The molecule has 2 heterocycles. The minimum atomic E-state index is 0.744. The fourth-order valence-corrected chi connectivity index (χ4v) is 2.75. The van der Waals surface area contributed by atoms with Gasteiger partial charge in [0.25, 0.3) is 0 Å². The molecular weight excluding hydrogens is 348 g/mol. The predicted octanol–water partition coefficient (Wildman–Crippen LogP) is 4.53. The lowest BCUT2D eigenvalue weighted by Crippen LogP contribution is -1.88. The van der Waals surface area contributed by atoms with Crippen LogP contribution >= 0.6 is 0 Å². The second-order valence-electron chi connectivity index (χ2n) is 6.45. The van der Waals surface area contributed by atoms with Gasteiger partial charge in [0.2, 0.25) is 0 Å². The molecule has 0 saturated heterocycles. The number of nitrogens with zero attached hydrogens (tertiary/aromatic N) is 4. The summed E-state index contributed by atoms with van der Waals surface area (Å²) < 4.78 is 0. The van der Waals surface area contributed by atoms with Crippen LogP contribution in [0.2, 0.25) is 0 Å². The van der Waals surface area contributed by atoms with Crippen LogP contribution in [0.5, 0.6) is 0 Å². The lowest BCUT2D eigenvalue weighted by Gasteiger charge is -2.03. The SMILES string of the molecule is Cc1cnc(C=Nc2ccc(Cc3ccc(N=Cc4ncc[nH]4)cc3)cc2)[nH]1. The Morgan fingerprint density at radius 2 is 1.43 bits per heavy atom. The number of hydrogen-bond acceptors (Lipinski definition) is 4. The maximum absolute atomic E-state index is 4.45. The summed E-state index contributed by atoms with van der Waals surface area (Å²) in [5.74, 6) is 1.50. The second kappa shape index (κ2) is 8.26. The highest BCUT2D eigenvalue weighted by atomic mass is 14.9. The standard InChI is InChI=1S/C22H20N6/c1-16-13-27-22(28-16)15-26-20-8-4-18(5-9-20)12-17-2-6-19(7-3-17)25-14-21-23-10-11-24-21/h2-11,13-15H,12H2,1H3,(H,23,24)(H,27,28). The van der Waals surface area contributed by atoms with Crippen LogP contribution in [0.4, 0.5) is 11.4 Å². The molecule has 2 aromatic carbocycles. The highest BCUT2D eigenvalue weighted by Gasteiger charge is 1.99. The molecule has 0 saturated carbocycles. The average Bonchev–Trinajstić information content (AvgIpc) is 3.39. The number of imidazole rings is 2. The molecule has 138 valence electrons. The Kier molecular flexibility index (Phi) is 5.20. The summed E-state index contributed by atoms with van der Waals surface area (Å²) in [7, 11) is 0. The molecule has 2 N–H and O–H groups in total. The first kappa shape index (κ1) is 17.6. The van der Waals surface area contributed by atoms with E-state index >= 15 is 0 Å². The molecule has 0 fully saturated rings. The maximum Gasteiger partial charge on any atom is 0.148 e. The molecule has 28 heavy (non-hydrogen) atoms. The van der Waals surface area contributed by atoms with Gasteiger partial charge < -0.3 is 9.97 Å². The van der Waals surface area contributed by atoms with Gasteiger partial charge in [-0.1, -0.05) is 24.3 Å². The summed E-state index contributed by atoms with van der Waals surface area (Å²) in [6, 6.07) is 16.5. The van der Waals surface area contributed by atoms with Gasteiger partial charge in [-0.25, -0.2) is 9.97 Å². The summed E-state index contributed by atoms with van der Waals surface area (Å²) in [6.07, 6.45) is 9.60. The fourth-order valence-electron chi connectivity index (χ4n) is 2.75. The molecule has 0 aliphatic heterocycles. The minimum absolute atomic E-state index is 0.744. The predicted molar refractivity (Wildman–Crippen MR) is 112 cm³/mol. The molecule has 6 nitrogen and oxygen atoms in total. The molecule has 2 aromatic heterocycles. The third-order valence-electron chi connectivity index (χ3n) is 4.19. The van der Waals surface area contributed by atoms with E-state index in [9.17, 15) is 0 Å². The highest BCUT2D eigenvalue weighted by molar-refractivity contribution is 5.77. The summed E-state index contributed by atoms with van der Waals surface area (Å²) in [5.41, 5.74) is 5.30. The van der Waals surface area contributed by atoms with Crippen molar-refractivity contribution >= 4 is 23.8 Å². The first-order valence-electron chi connectivity index (χ1n) is 9.02. The van der Waals surface area contributed by atoms with Gasteiger partial charge in [0, 0.05) is 24.3 Å². The Hall–Kier alpha value is -3.80. The van der Waals surface area contributed by atoms with Crippen molar-refractivity contribution < 1.29 is 0 Å². The lowest BCUT2D eigenvalue weighted by atomic mass is 10.0. The van der Waals surface area contributed by atoms with Gasteiger partial charge in [0.05, 0.1) is 23.8 Å². The molecule has 0 radical (unpaired) electrons. The van der Waals surface area contributed by atoms with Crippen LogP contribution in [0.1, 0.15) is 28.5 Å². The Morgan fingerprint density at radius 3 is 1.93 bits per heavy atom. The van der Waals surface area contributed by atoms with E-state index in [1.54, 1.807) is 31.0 Å². The van der Waals surface area contributed by atoms with Gasteiger partial charge in [-0.2, -0.15) is 0 Å². The topological polar surface area (TPSA) is 82.1 Å². The molecule has 0 aliphatic rings. The van der Waals surface area contributed by atoms with Crippen LogP contribution in [0.15, 0.2) is 77.1 Å². The van der Waals surface area contributed by atoms with Crippen molar-refractivity contribution in [2.24, 2.45) is 9.98 Å². The molecule has 0 spiro atoms. The van der Waals surface area contributed by atoms with E-state index in [1.165, 1.54) is 11.1 Å². The number of aromatic amines is 2. The largest absolute Gasteiger partial charge is 0.344 e. The van der Waals surface area contributed by atoms with Crippen LogP contribution < -0.4 is 0 Å². The Balaban J connectivity index is 1.36. The second-order valence-corrected chi connectivity index (χ2v) is 6.45. The zero-order valence-corrected chi connectivity index (χ0v) is 15.5. The molecule has 4 aromatic rings. The number of aliphatic imine (C=N–C) groups is 2. The van der Waals surface area contributed by atoms with E-state index in [4.69, 9.17) is 0 Å². The van der Waals surface area contributed by atoms with Gasteiger partial charge in [0.15, 0.2) is 0 Å². The molecule has 0 unspecified atom stereocenters. The van der Waals surface area contributed by atoms with Crippen molar-refractivity contribution in [1.29, 1.82) is 0 Å². The molecule has 6 heteroatoms. The average molecular weight is 368 g/mol. The van der Waals surface area contributed by atoms with Crippen LogP contribution in [0.3, 0.4) is 0 Å². The van der Waals surface area contributed by atoms with Gasteiger partial charge in [0.1, 0.15) is 11.6 Å². The normalized spacial score (nSPS) is 11.6. The van der Waals surface area contributed by atoms with E-state index in [1.807, 2.05) is 31.2 Å². The van der Waals surface area contributed by atoms with E-state index in [2.05, 4.69) is 54.2 Å². The third-order valence-corrected chi connectivity index (χ3v) is 4.19. The first-order valence-corrected chi connectivity index (χ1v) is 9.02. The van der Waals surface area contributed by atoms with Gasteiger partial charge in [-0.05, 0) is 48.7 Å². The zero-order valence-electron chi connectivity index (χ0n) is 15.5. The molecule has 0 amide bonds. The van der Waals surface area contributed by atoms with Crippen molar-refractivity contribution in [3.8, 4) is 0 Å². The smallest absolute Gasteiger partial charge is 0.148 e. The zero-order chi connectivity index (χ0) is 19.2. The number of aromatic nitrogens is 4. The van der Waals surface area contributed by atoms with Crippen molar-refractivity contribution in [1.82, 2.24) is 19.9 Å². The highest BCUT2D eigenvalue weighted by Crippen LogP contribution is 2.18. The van der Waals surface area contributed by atoms with Gasteiger partial charge in [-0.15, -0.1) is 0 Å². The molecule has 0 atom stereocenters. The number of nitrogens with one attached hydrogen (secondary N) is 2. The van der Waals surface area contributed by atoms with Crippen molar-refractivity contribution in [3.63, 3.8) is 0 Å². The van der Waals surface area contributed by atoms with E-state index in [0.717, 1.165) is 35.1 Å². The Labute approximate surface area is 163 Å². The van der Waals surface area contributed by atoms with E-state index in [0.29, 0.717) is 0 Å². The van der Waals surface area contributed by atoms with Crippen LogP contribution in [0, 0.1) is 6.92 Å². The monoisotopic (exact) mass is 368 g/mol. The van der Waals surface area contributed by atoms with E-state index in [-0.39, 0.29) is 0 Å². The number of hydrogen-bond donors (Lipinski definition) is 2. The summed E-state index contributed by atoms with van der Waals surface area (Å²) >= 11 is 0. The van der Waals surface area contributed by atoms with Crippen LogP contribution in [-0.2, 0) is 6.42 Å². The molecule has 0 bridgehead atoms. The van der Waals surface area contributed by atoms with Crippen molar-refractivity contribution in [2.45, 2.75) is 13.3 Å². The number of aryl methyl sites for hydroxylation is 1. The van der Waals surface area contributed by atoms with Crippen LogP contribution in [-0.4, -0.2) is 32.4 Å². The van der Waals surface area contributed by atoms with Crippen molar-refractivity contribution in [2.75, 3.05) is 0 Å². The Bertz CT molecular complexity index is 1070. The van der Waals surface area contributed by atoms with Gasteiger partial charge >= 0.3 is 0 Å². The number of rotatable bonds is 6. The van der Waals surface area contributed by atoms with Gasteiger partial charge in [-0.3, -0.25) is 9.98 Å². The molecular formula is C22H20N6. The minimum Gasteiger partial charge on any atom is -0.344 e. The molecule has 0 aliphatic carbocycles. The summed E-state index contributed by atoms with van der Waals surface area (Å²) in [4.78, 5) is 23.3. The third kappa shape index (κ3) is 4.67.